The van der Waals surface area contributed by atoms with Crippen LogP contribution in [0.1, 0.15) is 34.3 Å². The van der Waals surface area contributed by atoms with E-state index >= 15 is 0 Å². The average molecular weight is 265 g/mol. The monoisotopic (exact) mass is 265 g/mol. The van der Waals surface area contributed by atoms with Crippen LogP contribution in [0.2, 0.25) is 0 Å². The van der Waals surface area contributed by atoms with Gasteiger partial charge in [-0.1, -0.05) is 42.0 Å². The first kappa shape index (κ1) is 12.9. The van der Waals surface area contributed by atoms with Crippen LogP contribution in [0.5, 0.6) is 0 Å². The lowest BCUT2D eigenvalue weighted by Crippen LogP contribution is -2.20. The molecule has 2 heteroatoms. The Bertz CT molecular complexity index is 610. The molecule has 102 valence electrons. The second-order valence-electron chi connectivity index (χ2n) is 5.41. The fourth-order valence-electron chi connectivity index (χ4n) is 2.76. The van der Waals surface area contributed by atoms with Crippen LogP contribution in [0, 0.1) is 6.92 Å². The highest BCUT2D eigenvalue weighted by molar-refractivity contribution is 6.12. The van der Waals surface area contributed by atoms with Gasteiger partial charge in [0.1, 0.15) is 0 Å². The Morgan fingerprint density at radius 1 is 0.950 bits per heavy atom. The molecule has 0 N–H and O–H groups in total. The van der Waals surface area contributed by atoms with Gasteiger partial charge in [0.15, 0.2) is 5.78 Å². The van der Waals surface area contributed by atoms with Crippen LogP contribution in [0.4, 0.5) is 5.69 Å². The maximum absolute atomic E-state index is 12.7. The van der Waals surface area contributed by atoms with E-state index in [4.69, 9.17) is 0 Å². The van der Waals surface area contributed by atoms with E-state index in [9.17, 15) is 4.79 Å². The third-order valence-electron chi connectivity index (χ3n) is 3.91. The summed E-state index contributed by atoms with van der Waals surface area (Å²) in [5.41, 5.74) is 3.84. The molecule has 2 aromatic carbocycles. The number of ketones is 1. The van der Waals surface area contributed by atoms with Crippen molar-refractivity contribution in [3.05, 3.63) is 65.2 Å². The van der Waals surface area contributed by atoms with Gasteiger partial charge in [-0.25, -0.2) is 0 Å². The molecular formula is C18H19NO. The highest BCUT2D eigenvalue weighted by Crippen LogP contribution is 2.26. The van der Waals surface area contributed by atoms with Gasteiger partial charge in [0.25, 0.3) is 0 Å². The maximum atomic E-state index is 12.7. The molecule has 1 aliphatic heterocycles. The Balaban J connectivity index is 1.97. The smallest absolute Gasteiger partial charge is 0.195 e. The average Bonchev–Trinajstić information content (AvgIpc) is 3.01. The SMILES string of the molecule is Cc1ccc(C(=O)c2ccccc2N2CCCC2)cc1. The summed E-state index contributed by atoms with van der Waals surface area (Å²) in [6, 6.07) is 15.8. The molecule has 0 radical (unpaired) electrons. The van der Waals surface area contributed by atoms with Crippen molar-refractivity contribution in [2.75, 3.05) is 18.0 Å². The van der Waals surface area contributed by atoms with Crippen LogP contribution in [-0.2, 0) is 0 Å². The van der Waals surface area contributed by atoms with Crippen molar-refractivity contribution in [2.24, 2.45) is 0 Å². The summed E-state index contributed by atoms with van der Waals surface area (Å²) in [4.78, 5) is 15.0. The van der Waals surface area contributed by atoms with Gasteiger partial charge in [0.2, 0.25) is 0 Å². The first-order valence-electron chi connectivity index (χ1n) is 7.21. The molecular weight excluding hydrogens is 246 g/mol. The number of anilines is 1. The van der Waals surface area contributed by atoms with Gasteiger partial charge in [-0.05, 0) is 31.9 Å². The van der Waals surface area contributed by atoms with Crippen molar-refractivity contribution in [3.63, 3.8) is 0 Å². The van der Waals surface area contributed by atoms with Crippen LogP contribution in [-0.4, -0.2) is 18.9 Å². The number of para-hydroxylation sites is 1. The molecule has 0 bridgehead atoms. The van der Waals surface area contributed by atoms with Crippen LogP contribution >= 0.6 is 0 Å². The summed E-state index contributed by atoms with van der Waals surface area (Å²) in [6.07, 6.45) is 2.43. The predicted molar refractivity (Wildman–Crippen MR) is 82.5 cm³/mol. The first-order chi connectivity index (χ1) is 9.75. The normalized spacial score (nSPS) is 14.6. The first-order valence-corrected chi connectivity index (χ1v) is 7.21. The third kappa shape index (κ3) is 2.46. The molecule has 0 unspecified atom stereocenters. The fourth-order valence-corrected chi connectivity index (χ4v) is 2.76. The second-order valence-corrected chi connectivity index (χ2v) is 5.41. The number of hydrogen-bond acceptors (Lipinski definition) is 2. The standard InChI is InChI=1S/C18H19NO/c1-14-8-10-15(11-9-14)18(20)16-6-2-3-7-17(16)19-12-4-5-13-19/h2-3,6-11H,4-5,12-13H2,1H3. The van der Waals surface area contributed by atoms with E-state index in [0.29, 0.717) is 0 Å². The minimum absolute atomic E-state index is 0.118. The maximum Gasteiger partial charge on any atom is 0.195 e. The van der Waals surface area contributed by atoms with E-state index in [1.54, 1.807) is 0 Å². The van der Waals surface area contributed by atoms with Crippen LogP contribution in [0.15, 0.2) is 48.5 Å². The number of aryl methyl sites for hydroxylation is 1. The Hall–Kier alpha value is -2.09. The van der Waals surface area contributed by atoms with Gasteiger partial charge in [0, 0.05) is 29.9 Å². The van der Waals surface area contributed by atoms with Crippen molar-refractivity contribution in [3.8, 4) is 0 Å². The second kappa shape index (κ2) is 5.49. The van der Waals surface area contributed by atoms with Crippen molar-refractivity contribution in [1.29, 1.82) is 0 Å². The number of carbonyl (C=O) groups excluding carboxylic acids is 1. The van der Waals surface area contributed by atoms with E-state index in [1.807, 2.05) is 49.4 Å². The fraction of sp³-hybridized carbons (Fsp3) is 0.278. The summed E-state index contributed by atoms with van der Waals surface area (Å²) >= 11 is 0. The van der Waals surface area contributed by atoms with Crippen LogP contribution < -0.4 is 4.90 Å². The molecule has 1 fully saturated rings. The molecule has 1 saturated heterocycles. The van der Waals surface area contributed by atoms with E-state index in [2.05, 4.69) is 11.0 Å². The predicted octanol–water partition coefficient (Wildman–Crippen LogP) is 3.83. The van der Waals surface area contributed by atoms with Crippen molar-refractivity contribution >= 4 is 11.5 Å². The molecule has 2 nitrogen and oxygen atoms in total. The van der Waals surface area contributed by atoms with Gasteiger partial charge in [0.05, 0.1) is 0 Å². The molecule has 3 rings (SSSR count). The summed E-state index contributed by atoms with van der Waals surface area (Å²) < 4.78 is 0. The van der Waals surface area contributed by atoms with E-state index < -0.39 is 0 Å². The molecule has 0 aliphatic carbocycles. The summed E-state index contributed by atoms with van der Waals surface area (Å²) in [6.45, 7) is 4.14. The molecule has 2 aromatic rings. The Morgan fingerprint density at radius 2 is 1.60 bits per heavy atom. The van der Waals surface area contributed by atoms with Crippen molar-refractivity contribution < 1.29 is 4.79 Å². The molecule has 0 spiro atoms. The van der Waals surface area contributed by atoms with Gasteiger partial charge in [-0.3, -0.25) is 4.79 Å². The molecule has 0 aromatic heterocycles. The lowest BCUT2D eigenvalue weighted by atomic mass is 10.0. The Labute approximate surface area is 120 Å². The van der Waals surface area contributed by atoms with Gasteiger partial charge in [-0.2, -0.15) is 0 Å². The lowest BCUT2D eigenvalue weighted by Gasteiger charge is -2.20. The van der Waals surface area contributed by atoms with E-state index in [-0.39, 0.29) is 5.78 Å². The number of hydrogen-bond donors (Lipinski definition) is 0. The third-order valence-corrected chi connectivity index (χ3v) is 3.91. The minimum atomic E-state index is 0.118. The number of carbonyl (C=O) groups is 1. The van der Waals surface area contributed by atoms with Crippen molar-refractivity contribution in [2.45, 2.75) is 19.8 Å². The molecule has 1 aliphatic rings. The molecule has 0 amide bonds. The number of benzene rings is 2. The molecule has 0 atom stereocenters. The topological polar surface area (TPSA) is 20.3 Å². The largest absolute Gasteiger partial charge is 0.371 e. The van der Waals surface area contributed by atoms with Gasteiger partial charge >= 0.3 is 0 Å². The van der Waals surface area contributed by atoms with E-state index in [1.165, 1.54) is 18.4 Å². The lowest BCUT2D eigenvalue weighted by molar-refractivity contribution is 0.103. The Kier molecular flexibility index (Phi) is 3.55. The summed E-state index contributed by atoms with van der Waals surface area (Å²) in [7, 11) is 0. The minimum Gasteiger partial charge on any atom is -0.371 e. The zero-order chi connectivity index (χ0) is 13.9. The molecule has 0 saturated carbocycles. The van der Waals surface area contributed by atoms with Gasteiger partial charge < -0.3 is 4.90 Å². The molecule has 20 heavy (non-hydrogen) atoms. The number of rotatable bonds is 3. The Morgan fingerprint density at radius 3 is 2.30 bits per heavy atom. The summed E-state index contributed by atoms with van der Waals surface area (Å²) in [5, 5.41) is 0. The highest BCUT2D eigenvalue weighted by atomic mass is 16.1. The van der Waals surface area contributed by atoms with Crippen LogP contribution in [0.25, 0.3) is 0 Å². The van der Waals surface area contributed by atoms with Crippen molar-refractivity contribution in [1.82, 2.24) is 0 Å². The van der Waals surface area contributed by atoms with Crippen LogP contribution in [0.3, 0.4) is 0 Å². The quantitative estimate of drug-likeness (QED) is 0.786. The summed E-state index contributed by atoms with van der Waals surface area (Å²) in [5.74, 6) is 0.118. The zero-order valence-corrected chi connectivity index (χ0v) is 11.8. The van der Waals surface area contributed by atoms with E-state index in [0.717, 1.165) is 29.9 Å². The zero-order valence-electron chi connectivity index (χ0n) is 11.8. The molecule has 1 heterocycles. The highest BCUT2D eigenvalue weighted by Gasteiger charge is 2.19. The van der Waals surface area contributed by atoms with Gasteiger partial charge in [-0.15, -0.1) is 0 Å². The number of nitrogens with zero attached hydrogens (tertiary/aromatic N) is 1.